The van der Waals surface area contributed by atoms with Crippen LogP contribution in [-0.4, -0.2) is 12.5 Å². The molecule has 0 bridgehead atoms. The Morgan fingerprint density at radius 2 is 1.80 bits per heavy atom. The van der Waals surface area contributed by atoms with Crippen molar-refractivity contribution in [1.29, 1.82) is 0 Å². The maximum Gasteiger partial charge on any atom is 0.224 e. The van der Waals surface area contributed by atoms with Crippen LogP contribution in [0.3, 0.4) is 0 Å². The number of aryl methyl sites for hydroxylation is 1. The standard InChI is InChI=1S/C17H28N2O/c1-5-14-6-8-15(9-7-14)13(4)19-17(20)16(11-18)10-12(2)3/h6-9,12-13,16H,5,10-11,18H2,1-4H3,(H,19,20). The number of nitrogens with two attached hydrogens (primary N) is 1. The quantitative estimate of drug-likeness (QED) is 0.804. The van der Waals surface area contributed by atoms with E-state index in [2.05, 4.69) is 50.4 Å². The summed E-state index contributed by atoms with van der Waals surface area (Å²) in [5.41, 5.74) is 8.16. The summed E-state index contributed by atoms with van der Waals surface area (Å²) in [6.45, 7) is 8.79. The van der Waals surface area contributed by atoms with Crippen LogP contribution in [0.15, 0.2) is 24.3 Å². The molecule has 2 atom stereocenters. The molecule has 1 aromatic rings. The van der Waals surface area contributed by atoms with E-state index >= 15 is 0 Å². The fourth-order valence-electron chi connectivity index (χ4n) is 2.34. The Labute approximate surface area is 122 Å². The molecule has 112 valence electrons. The molecule has 0 radical (unpaired) electrons. The first kappa shape index (κ1) is 16.7. The van der Waals surface area contributed by atoms with E-state index in [0.29, 0.717) is 12.5 Å². The van der Waals surface area contributed by atoms with Crippen LogP contribution >= 0.6 is 0 Å². The molecule has 0 spiro atoms. The van der Waals surface area contributed by atoms with E-state index in [1.165, 1.54) is 5.56 Å². The summed E-state index contributed by atoms with van der Waals surface area (Å²) in [4.78, 5) is 12.2. The van der Waals surface area contributed by atoms with Gasteiger partial charge in [-0.2, -0.15) is 0 Å². The Bertz CT molecular complexity index is 412. The van der Waals surface area contributed by atoms with Crippen LogP contribution in [0.4, 0.5) is 0 Å². The molecule has 3 heteroatoms. The van der Waals surface area contributed by atoms with Gasteiger partial charge in [0, 0.05) is 6.54 Å². The van der Waals surface area contributed by atoms with Gasteiger partial charge in [-0.05, 0) is 36.8 Å². The van der Waals surface area contributed by atoms with E-state index in [1.807, 2.05) is 6.92 Å². The Morgan fingerprint density at radius 3 is 2.25 bits per heavy atom. The van der Waals surface area contributed by atoms with Crippen LogP contribution in [0.1, 0.15) is 51.3 Å². The van der Waals surface area contributed by atoms with Crippen LogP contribution in [0, 0.1) is 11.8 Å². The molecule has 3 N–H and O–H groups in total. The van der Waals surface area contributed by atoms with Crippen molar-refractivity contribution in [2.24, 2.45) is 17.6 Å². The lowest BCUT2D eigenvalue weighted by Gasteiger charge is -2.21. The first-order chi connectivity index (χ1) is 9.47. The molecule has 0 aromatic heterocycles. The van der Waals surface area contributed by atoms with Crippen molar-refractivity contribution in [1.82, 2.24) is 5.32 Å². The molecule has 0 fully saturated rings. The normalized spacial score (nSPS) is 14.1. The highest BCUT2D eigenvalue weighted by atomic mass is 16.1. The van der Waals surface area contributed by atoms with Crippen molar-refractivity contribution in [3.8, 4) is 0 Å². The van der Waals surface area contributed by atoms with Crippen LogP contribution < -0.4 is 11.1 Å². The summed E-state index contributed by atoms with van der Waals surface area (Å²) in [5.74, 6) is 0.453. The molecule has 0 saturated carbocycles. The Kier molecular flexibility index (Phi) is 6.73. The average molecular weight is 276 g/mol. The molecule has 0 saturated heterocycles. The van der Waals surface area contributed by atoms with Gasteiger partial charge in [0.2, 0.25) is 5.91 Å². The third-order valence-corrected chi connectivity index (χ3v) is 3.66. The van der Waals surface area contributed by atoms with Gasteiger partial charge in [0.25, 0.3) is 0 Å². The summed E-state index contributed by atoms with van der Waals surface area (Å²) in [5, 5.41) is 3.07. The van der Waals surface area contributed by atoms with Crippen molar-refractivity contribution in [2.45, 2.75) is 46.6 Å². The summed E-state index contributed by atoms with van der Waals surface area (Å²) in [6.07, 6.45) is 1.87. The van der Waals surface area contributed by atoms with Gasteiger partial charge in [-0.3, -0.25) is 4.79 Å². The summed E-state index contributed by atoms with van der Waals surface area (Å²) in [7, 11) is 0. The maximum absolute atomic E-state index is 12.2. The Hall–Kier alpha value is -1.35. The summed E-state index contributed by atoms with van der Waals surface area (Å²) < 4.78 is 0. The van der Waals surface area contributed by atoms with Crippen molar-refractivity contribution < 1.29 is 4.79 Å². The molecular formula is C17H28N2O. The van der Waals surface area contributed by atoms with Crippen molar-refractivity contribution in [3.63, 3.8) is 0 Å². The first-order valence-electron chi connectivity index (χ1n) is 7.57. The second kappa shape index (κ2) is 8.05. The van der Waals surface area contributed by atoms with Gasteiger partial charge < -0.3 is 11.1 Å². The van der Waals surface area contributed by atoms with Gasteiger partial charge in [0.15, 0.2) is 0 Å². The largest absolute Gasteiger partial charge is 0.349 e. The number of benzene rings is 1. The maximum atomic E-state index is 12.2. The highest BCUT2D eigenvalue weighted by molar-refractivity contribution is 5.79. The molecule has 1 aromatic carbocycles. The smallest absolute Gasteiger partial charge is 0.224 e. The van der Waals surface area contributed by atoms with E-state index in [-0.39, 0.29) is 17.9 Å². The zero-order valence-electron chi connectivity index (χ0n) is 13.1. The molecular weight excluding hydrogens is 248 g/mol. The SMILES string of the molecule is CCc1ccc(C(C)NC(=O)C(CN)CC(C)C)cc1. The Morgan fingerprint density at radius 1 is 1.20 bits per heavy atom. The molecule has 2 unspecified atom stereocenters. The van der Waals surface area contributed by atoms with Gasteiger partial charge in [-0.25, -0.2) is 0 Å². The molecule has 0 aliphatic rings. The van der Waals surface area contributed by atoms with Gasteiger partial charge in [-0.15, -0.1) is 0 Å². The molecule has 0 aliphatic carbocycles. The lowest BCUT2D eigenvalue weighted by molar-refractivity contribution is -0.125. The fourth-order valence-corrected chi connectivity index (χ4v) is 2.34. The van der Waals surface area contributed by atoms with E-state index < -0.39 is 0 Å². The molecule has 1 rings (SSSR count). The second-order valence-corrected chi connectivity index (χ2v) is 5.89. The zero-order valence-corrected chi connectivity index (χ0v) is 13.1. The third-order valence-electron chi connectivity index (χ3n) is 3.66. The predicted molar refractivity (Wildman–Crippen MR) is 84.4 cm³/mol. The lowest BCUT2D eigenvalue weighted by Crippen LogP contribution is -2.37. The fraction of sp³-hybridized carbons (Fsp3) is 0.588. The molecule has 3 nitrogen and oxygen atoms in total. The topological polar surface area (TPSA) is 55.1 Å². The van der Waals surface area contributed by atoms with Crippen molar-refractivity contribution in [3.05, 3.63) is 35.4 Å². The van der Waals surface area contributed by atoms with E-state index in [0.717, 1.165) is 18.4 Å². The Balaban J connectivity index is 2.63. The molecule has 1 amide bonds. The highest BCUT2D eigenvalue weighted by Gasteiger charge is 2.20. The number of nitrogens with one attached hydrogen (secondary N) is 1. The number of hydrogen-bond acceptors (Lipinski definition) is 2. The number of carbonyl (C=O) groups is 1. The third kappa shape index (κ3) is 4.97. The van der Waals surface area contributed by atoms with Gasteiger partial charge in [0.1, 0.15) is 0 Å². The molecule has 0 heterocycles. The number of carbonyl (C=O) groups excluding carboxylic acids is 1. The average Bonchev–Trinajstić information content (AvgIpc) is 2.44. The number of amides is 1. The minimum atomic E-state index is -0.0904. The van der Waals surface area contributed by atoms with Crippen molar-refractivity contribution in [2.75, 3.05) is 6.54 Å². The van der Waals surface area contributed by atoms with Crippen LogP contribution in [0.2, 0.25) is 0 Å². The number of hydrogen-bond donors (Lipinski definition) is 2. The second-order valence-electron chi connectivity index (χ2n) is 5.89. The molecule has 20 heavy (non-hydrogen) atoms. The van der Waals surface area contributed by atoms with Crippen molar-refractivity contribution >= 4 is 5.91 Å². The van der Waals surface area contributed by atoms with Gasteiger partial charge in [-0.1, -0.05) is 45.0 Å². The minimum Gasteiger partial charge on any atom is -0.349 e. The first-order valence-corrected chi connectivity index (χ1v) is 7.57. The monoisotopic (exact) mass is 276 g/mol. The minimum absolute atomic E-state index is 0.0228. The van der Waals surface area contributed by atoms with Crippen LogP contribution in [0.5, 0.6) is 0 Å². The van der Waals surface area contributed by atoms with Gasteiger partial charge >= 0.3 is 0 Å². The van der Waals surface area contributed by atoms with Crippen LogP contribution in [0.25, 0.3) is 0 Å². The highest BCUT2D eigenvalue weighted by Crippen LogP contribution is 2.16. The lowest BCUT2D eigenvalue weighted by atomic mass is 9.95. The molecule has 0 aliphatic heterocycles. The summed E-state index contributed by atoms with van der Waals surface area (Å²) in [6, 6.07) is 8.43. The number of rotatable bonds is 7. The predicted octanol–water partition coefficient (Wildman–Crippen LogP) is 3.05. The van der Waals surface area contributed by atoms with E-state index in [1.54, 1.807) is 0 Å². The van der Waals surface area contributed by atoms with Crippen LogP contribution in [-0.2, 0) is 11.2 Å². The van der Waals surface area contributed by atoms with E-state index in [9.17, 15) is 4.79 Å². The van der Waals surface area contributed by atoms with Gasteiger partial charge in [0.05, 0.1) is 12.0 Å². The zero-order chi connectivity index (χ0) is 15.1. The van der Waals surface area contributed by atoms with E-state index in [4.69, 9.17) is 5.73 Å². The summed E-state index contributed by atoms with van der Waals surface area (Å²) >= 11 is 0.